The summed E-state index contributed by atoms with van der Waals surface area (Å²) in [6.07, 6.45) is 0. The molecule has 8 nitrogen and oxygen atoms in total. The molecule has 4 aliphatic rings. The maximum Gasteiger partial charge on any atom is 0.270 e. The van der Waals surface area contributed by atoms with Gasteiger partial charge in [0, 0.05) is 29.5 Å². The molecule has 33 heavy (non-hydrogen) atoms. The van der Waals surface area contributed by atoms with Crippen molar-refractivity contribution < 1.29 is 19.3 Å². The predicted molar refractivity (Wildman–Crippen MR) is 116 cm³/mol. The number of benzene rings is 3. The third kappa shape index (κ3) is 2.60. The van der Waals surface area contributed by atoms with Gasteiger partial charge in [-0.15, -0.1) is 0 Å². The maximum absolute atomic E-state index is 13.5. The van der Waals surface area contributed by atoms with Crippen molar-refractivity contribution >= 4 is 23.4 Å². The van der Waals surface area contributed by atoms with Crippen molar-refractivity contribution in [1.29, 1.82) is 0 Å². The van der Waals surface area contributed by atoms with Crippen molar-refractivity contribution in [2.24, 2.45) is 11.8 Å². The maximum atomic E-state index is 13.5. The molecule has 8 heteroatoms. The van der Waals surface area contributed by atoms with E-state index in [-0.39, 0.29) is 23.1 Å². The molecule has 3 amide bonds. The third-order valence-corrected chi connectivity index (χ3v) is 7.00. The van der Waals surface area contributed by atoms with Crippen LogP contribution in [0.3, 0.4) is 0 Å². The molecule has 3 aliphatic carbocycles. The van der Waals surface area contributed by atoms with Crippen LogP contribution in [0.4, 0.5) is 5.69 Å². The van der Waals surface area contributed by atoms with Gasteiger partial charge in [-0.3, -0.25) is 29.9 Å². The van der Waals surface area contributed by atoms with E-state index in [1.165, 1.54) is 24.3 Å². The van der Waals surface area contributed by atoms with Gasteiger partial charge in [0.05, 0.1) is 16.8 Å². The number of hydrogen-bond acceptors (Lipinski definition) is 5. The summed E-state index contributed by atoms with van der Waals surface area (Å²) in [4.78, 5) is 50.0. The number of rotatable bonds is 3. The summed E-state index contributed by atoms with van der Waals surface area (Å²) in [5.74, 6) is -3.24. The number of carbonyl (C=O) groups is 3. The average molecular weight is 439 g/mol. The monoisotopic (exact) mass is 439 g/mol. The fourth-order valence-electron chi connectivity index (χ4n) is 5.69. The second kappa shape index (κ2) is 6.83. The molecule has 1 fully saturated rings. The van der Waals surface area contributed by atoms with E-state index in [2.05, 4.69) is 5.43 Å². The molecule has 0 unspecified atom stereocenters. The molecule has 7 rings (SSSR count). The highest BCUT2D eigenvalue weighted by atomic mass is 16.6. The molecule has 3 aromatic carbocycles. The number of amides is 3. The predicted octanol–water partition coefficient (Wildman–Crippen LogP) is 3.13. The number of hydrazine groups is 1. The van der Waals surface area contributed by atoms with E-state index in [1.807, 2.05) is 48.5 Å². The molecule has 3 aromatic rings. The molecular weight excluding hydrogens is 422 g/mol. The average Bonchev–Trinajstić information content (AvgIpc) is 3.09. The van der Waals surface area contributed by atoms with E-state index in [9.17, 15) is 24.5 Å². The number of imide groups is 1. The molecule has 1 N–H and O–H groups in total. The second-order valence-corrected chi connectivity index (χ2v) is 8.52. The van der Waals surface area contributed by atoms with E-state index in [0.717, 1.165) is 27.3 Å². The number of non-ortho nitro benzene ring substituents is 1. The molecule has 1 saturated heterocycles. The Morgan fingerprint density at radius 2 is 1.18 bits per heavy atom. The second-order valence-electron chi connectivity index (χ2n) is 8.52. The highest BCUT2D eigenvalue weighted by Crippen LogP contribution is 2.60. The van der Waals surface area contributed by atoms with Gasteiger partial charge in [-0.05, 0) is 34.4 Å². The first kappa shape index (κ1) is 19.4. The van der Waals surface area contributed by atoms with Gasteiger partial charge >= 0.3 is 0 Å². The molecule has 0 saturated carbocycles. The van der Waals surface area contributed by atoms with Crippen LogP contribution in [0.15, 0.2) is 72.8 Å². The largest absolute Gasteiger partial charge is 0.272 e. The SMILES string of the molecule is O=C(NN1C(=O)[C@@H]2C3c4ccccc4C(c4ccccc43)[C@H]2C1=O)c1ccc([N+](=O)[O-])cc1. The van der Waals surface area contributed by atoms with Crippen molar-refractivity contribution in [1.82, 2.24) is 10.4 Å². The highest BCUT2D eigenvalue weighted by molar-refractivity contribution is 6.09. The Bertz CT molecular complexity index is 1250. The fraction of sp³-hybridized carbons (Fsp3) is 0.160. The van der Waals surface area contributed by atoms with Gasteiger partial charge in [0.15, 0.2) is 0 Å². The highest BCUT2D eigenvalue weighted by Gasteiger charge is 2.62. The zero-order chi connectivity index (χ0) is 22.9. The van der Waals surface area contributed by atoms with E-state index in [0.29, 0.717) is 0 Å². The number of nitro groups is 1. The van der Waals surface area contributed by atoms with E-state index in [1.54, 1.807) is 0 Å². The molecule has 1 heterocycles. The molecule has 2 bridgehead atoms. The minimum absolute atomic E-state index is 0.116. The molecule has 0 spiro atoms. The number of nitrogens with zero attached hydrogens (tertiary/aromatic N) is 2. The van der Waals surface area contributed by atoms with Gasteiger partial charge < -0.3 is 0 Å². The number of carbonyl (C=O) groups excluding carboxylic acids is 3. The van der Waals surface area contributed by atoms with Crippen molar-refractivity contribution in [3.05, 3.63) is 111 Å². The van der Waals surface area contributed by atoms with Crippen LogP contribution < -0.4 is 5.43 Å². The Morgan fingerprint density at radius 1 is 0.758 bits per heavy atom. The van der Waals surface area contributed by atoms with Crippen LogP contribution in [0.25, 0.3) is 0 Å². The van der Waals surface area contributed by atoms with Crippen LogP contribution in [0.2, 0.25) is 0 Å². The summed E-state index contributed by atoms with van der Waals surface area (Å²) in [5.41, 5.74) is 6.60. The van der Waals surface area contributed by atoms with Crippen LogP contribution in [-0.4, -0.2) is 27.7 Å². The Labute approximate surface area is 188 Å². The van der Waals surface area contributed by atoms with Crippen molar-refractivity contribution in [2.75, 3.05) is 0 Å². The Kier molecular flexibility index (Phi) is 4.01. The third-order valence-electron chi connectivity index (χ3n) is 7.00. The Morgan fingerprint density at radius 3 is 1.58 bits per heavy atom. The summed E-state index contributed by atoms with van der Waals surface area (Å²) in [7, 11) is 0. The minimum atomic E-state index is -0.673. The summed E-state index contributed by atoms with van der Waals surface area (Å²) in [6.45, 7) is 0. The van der Waals surface area contributed by atoms with Crippen molar-refractivity contribution in [2.45, 2.75) is 11.8 Å². The normalized spacial score (nSPS) is 24.2. The lowest BCUT2D eigenvalue weighted by Gasteiger charge is -2.45. The number of nitro benzene ring substituents is 1. The summed E-state index contributed by atoms with van der Waals surface area (Å²) < 4.78 is 0. The molecule has 0 radical (unpaired) electrons. The first-order valence-electron chi connectivity index (χ1n) is 10.6. The fourth-order valence-corrected chi connectivity index (χ4v) is 5.69. The zero-order valence-corrected chi connectivity index (χ0v) is 17.2. The van der Waals surface area contributed by atoms with Gasteiger partial charge in [-0.1, -0.05) is 48.5 Å². The Hall–Kier alpha value is -4.33. The van der Waals surface area contributed by atoms with E-state index in [4.69, 9.17) is 0 Å². The van der Waals surface area contributed by atoms with E-state index < -0.39 is 34.5 Å². The molecule has 2 atom stereocenters. The van der Waals surface area contributed by atoms with Gasteiger partial charge in [-0.25, -0.2) is 0 Å². The minimum Gasteiger partial charge on any atom is -0.272 e. The lowest BCUT2D eigenvalue weighted by atomic mass is 9.55. The Balaban J connectivity index is 1.36. The topological polar surface area (TPSA) is 110 Å². The van der Waals surface area contributed by atoms with Crippen molar-refractivity contribution in [3.63, 3.8) is 0 Å². The first-order valence-corrected chi connectivity index (χ1v) is 10.6. The molecule has 1 aliphatic heterocycles. The zero-order valence-electron chi connectivity index (χ0n) is 17.2. The summed E-state index contributed by atoms with van der Waals surface area (Å²) >= 11 is 0. The lowest BCUT2D eigenvalue weighted by molar-refractivity contribution is -0.384. The molecule has 0 aromatic heterocycles. The summed E-state index contributed by atoms with van der Waals surface area (Å²) in [5, 5.41) is 11.7. The van der Waals surface area contributed by atoms with Crippen LogP contribution >= 0.6 is 0 Å². The van der Waals surface area contributed by atoms with Crippen LogP contribution in [-0.2, 0) is 9.59 Å². The standard InChI is InChI=1S/C25H17N3O5/c29-23(13-9-11-14(12-10-13)28(32)33)26-27-24(30)21-19-15-5-1-2-6-16(15)20(22(21)25(27)31)18-8-4-3-7-17(18)19/h1-12,19-22H,(H,26,29)/t19?,20?,21-,22-/m1/s1. The smallest absolute Gasteiger partial charge is 0.270 e. The van der Waals surface area contributed by atoms with E-state index >= 15 is 0 Å². The summed E-state index contributed by atoms with van der Waals surface area (Å²) in [6, 6.07) is 20.8. The van der Waals surface area contributed by atoms with Gasteiger partial charge in [0.2, 0.25) is 0 Å². The van der Waals surface area contributed by atoms with Crippen LogP contribution in [0.1, 0.15) is 44.4 Å². The number of hydrogen-bond donors (Lipinski definition) is 1. The van der Waals surface area contributed by atoms with Crippen LogP contribution in [0, 0.1) is 22.0 Å². The van der Waals surface area contributed by atoms with Crippen LogP contribution in [0.5, 0.6) is 0 Å². The van der Waals surface area contributed by atoms with Gasteiger partial charge in [0.25, 0.3) is 23.4 Å². The number of nitrogens with one attached hydrogen (secondary N) is 1. The molecular formula is C25H17N3O5. The van der Waals surface area contributed by atoms with Gasteiger partial charge in [0.1, 0.15) is 0 Å². The quantitative estimate of drug-likeness (QED) is 0.383. The first-order chi connectivity index (χ1) is 16.0. The van der Waals surface area contributed by atoms with Gasteiger partial charge in [-0.2, -0.15) is 5.01 Å². The molecule has 162 valence electrons. The lowest BCUT2D eigenvalue weighted by Crippen LogP contribution is -2.46. The van der Waals surface area contributed by atoms with Crippen molar-refractivity contribution in [3.8, 4) is 0 Å².